The van der Waals surface area contributed by atoms with E-state index in [1.165, 1.54) is 0 Å². The highest BCUT2D eigenvalue weighted by atomic mass is 16.5. The van der Waals surface area contributed by atoms with Gasteiger partial charge in [-0.25, -0.2) is 19.9 Å². The van der Waals surface area contributed by atoms with E-state index in [-0.39, 0.29) is 5.91 Å². The Labute approximate surface area is 301 Å². The summed E-state index contributed by atoms with van der Waals surface area (Å²) < 4.78 is 11.2. The molecule has 0 aliphatic carbocycles. The average Bonchev–Trinajstić information content (AvgIpc) is 3.85. The lowest BCUT2D eigenvalue weighted by molar-refractivity contribution is -0.748. The Morgan fingerprint density at radius 1 is 1.00 bits per heavy atom. The van der Waals surface area contributed by atoms with Crippen molar-refractivity contribution in [2.24, 2.45) is 7.05 Å². The van der Waals surface area contributed by atoms with Gasteiger partial charge in [0, 0.05) is 36.3 Å². The molecule has 0 aliphatic rings. The van der Waals surface area contributed by atoms with Crippen LogP contribution in [0, 0.1) is 6.92 Å². The van der Waals surface area contributed by atoms with Crippen molar-refractivity contribution in [1.82, 2.24) is 44.2 Å². The van der Waals surface area contributed by atoms with Crippen LogP contribution in [0.2, 0.25) is 0 Å². The van der Waals surface area contributed by atoms with Crippen molar-refractivity contribution in [3.63, 3.8) is 0 Å². The molecule has 52 heavy (non-hydrogen) atoms. The Hall–Kier alpha value is -6.28. The molecule has 7 aromatic rings. The van der Waals surface area contributed by atoms with Crippen LogP contribution >= 0.6 is 0 Å². The highest BCUT2D eigenvalue weighted by Crippen LogP contribution is 2.28. The lowest BCUT2D eigenvalue weighted by Crippen LogP contribution is -2.41. The first kappa shape index (κ1) is 34.2. The zero-order chi connectivity index (χ0) is 36.2. The smallest absolute Gasteiger partial charge is 0.281 e. The maximum Gasteiger partial charge on any atom is 0.281 e. The van der Waals surface area contributed by atoms with E-state index in [1.54, 1.807) is 13.3 Å². The normalized spacial score (nSPS) is 11.4. The van der Waals surface area contributed by atoms with Crippen molar-refractivity contribution in [3.8, 4) is 28.3 Å². The first-order valence-corrected chi connectivity index (χ1v) is 17.4. The number of carbonyl (C=O) groups excluding carboxylic acids is 1. The van der Waals surface area contributed by atoms with Gasteiger partial charge in [0.2, 0.25) is 5.65 Å². The molecule has 7 rings (SSSR count). The SMILES string of the molecule is CCCNCCCc1cn2c(-c3cccc(C(=O)NCc4ccc(OC)cc4)c3)cnc(Nn3cc(-c4c(C)nc5c(N)nccn45)c[n+]3C)c2n1. The minimum absolute atomic E-state index is 0.165. The number of ether oxygens (including phenoxy) is 1. The number of nitrogen functional groups attached to an aromatic ring is 1. The van der Waals surface area contributed by atoms with Crippen LogP contribution in [0.15, 0.2) is 85.7 Å². The molecule has 0 fully saturated rings. The van der Waals surface area contributed by atoms with Crippen LogP contribution in [0.5, 0.6) is 5.75 Å². The third kappa shape index (κ3) is 7.01. The van der Waals surface area contributed by atoms with E-state index in [9.17, 15) is 4.79 Å². The molecule has 2 aromatic carbocycles. The minimum Gasteiger partial charge on any atom is -0.497 e. The highest BCUT2D eigenvalue weighted by molar-refractivity contribution is 5.95. The van der Waals surface area contributed by atoms with Gasteiger partial charge in [-0.3, -0.25) is 13.6 Å². The third-order valence-corrected chi connectivity index (χ3v) is 8.95. The van der Waals surface area contributed by atoms with Crippen molar-refractivity contribution in [1.29, 1.82) is 0 Å². The molecular formula is C38H43N12O2+. The fourth-order valence-corrected chi connectivity index (χ4v) is 6.30. The summed E-state index contributed by atoms with van der Waals surface area (Å²) in [6, 6.07) is 15.2. The Kier molecular flexibility index (Phi) is 9.80. The van der Waals surface area contributed by atoms with Crippen LogP contribution in [0.3, 0.4) is 0 Å². The summed E-state index contributed by atoms with van der Waals surface area (Å²) in [7, 11) is 3.58. The lowest BCUT2D eigenvalue weighted by Gasteiger charge is -2.10. The summed E-state index contributed by atoms with van der Waals surface area (Å²) in [6.07, 6.45) is 14.3. The van der Waals surface area contributed by atoms with Crippen molar-refractivity contribution in [2.75, 3.05) is 31.4 Å². The number of nitrogens with two attached hydrogens (primary N) is 1. The highest BCUT2D eigenvalue weighted by Gasteiger charge is 2.21. The van der Waals surface area contributed by atoms with E-state index >= 15 is 0 Å². The predicted octanol–water partition coefficient (Wildman–Crippen LogP) is 4.37. The topological polar surface area (TPSA) is 158 Å². The number of hydrogen-bond donors (Lipinski definition) is 4. The molecule has 0 atom stereocenters. The summed E-state index contributed by atoms with van der Waals surface area (Å²) in [5.74, 6) is 1.56. The van der Waals surface area contributed by atoms with E-state index in [2.05, 4.69) is 39.1 Å². The number of fused-ring (bicyclic) bond motifs is 2. The molecule has 14 nitrogen and oxygen atoms in total. The maximum absolute atomic E-state index is 13.3. The Morgan fingerprint density at radius 3 is 2.65 bits per heavy atom. The molecule has 5 N–H and O–H groups in total. The van der Waals surface area contributed by atoms with Gasteiger partial charge in [-0.05, 0) is 69.1 Å². The number of hydrogen-bond acceptors (Lipinski definition) is 9. The van der Waals surface area contributed by atoms with E-state index in [4.69, 9.17) is 20.4 Å². The van der Waals surface area contributed by atoms with Crippen LogP contribution in [0.4, 0.5) is 11.6 Å². The molecule has 266 valence electrons. The van der Waals surface area contributed by atoms with Gasteiger partial charge in [0.05, 0.1) is 41.6 Å². The fourth-order valence-electron chi connectivity index (χ4n) is 6.30. The number of carbonyl (C=O) groups is 1. The zero-order valence-corrected chi connectivity index (χ0v) is 29.8. The Bertz CT molecular complexity index is 2360. The second-order valence-electron chi connectivity index (χ2n) is 12.7. The minimum atomic E-state index is -0.165. The van der Waals surface area contributed by atoms with E-state index in [0.717, 1.165) is 77.6 Å². The number of anilines is 2. The number of imidazole rings is 2. The van der Waals surface area contributed by atoms with Crippen LogP contribution in [0.25, 0.3) is 33.8 Å². The summed E-state index contributed by atoms with van der Waals surface area (Å²) in [6.45, 7) is 6.43. The first-order valence-electron chi connectivity index (χ1n) is 17.4. The molecule has 0 bridgehead atoms. The summed E-state index contributed by atoms with van der Waals surface area (Å²) in [4.78, 5) is 33.9. The van der Waals surface area contributed by atoms with Crippen molar-refractivity contribution >= 4 is 28.8 Å². The summed E-state index contributed by atoms with van der Waals surface area (Å²) in [5.41, 5.74) is 17.7. The van der Waals surface area contributed by atoms with Crippen LogP contribution in [-0.4, -0.2) is 59.6 Å². The maximum atomic E-state index is 13.3. The van der Waals surface area contributed by atoms with Crippen molar-refractivity contribution < 1.29 is 14.2 Å². The molecule has 0 radical (unpaired) electrons. The molecule has 14 heteroatoms. The second kappa shape index (κ2) is 14.9. The molecule has 1 amide bonds. The standard InChI is InChI=1S/C38H42N12O2/c1-5-15-40-16-7-10-30-24-49-32(27-8-6-9-28(19-27)38(51)43-20-26-11-13-31(52-4)14-12-26)21-42-35(37(49)45-30)46-50-23-29(22-47(50)3)33-25(2)44-36-34(39)41-17-18-48(33)36/h6,8-9,11-14,17-19,21-24,40H,5,7,10,15-16,20H2,1-4H3,(H3-,39,41,42,43,46,51)/p+1. The molecule has 0 aliphatic heterocycles. The molecule has 0 saturated carbocycles. The number of aromatic nitrogens is 8. The quantitative estimate of drug-likeness (QED) is 0.0956. The molecule has 0 unspecified atom stereocenters. The number of methoxy groups -OCH3 is 1. The lowest BCUT2D eigenvalue weighted by atomic mass is 10.1. The van der Waals surface area contributed by atoms with Crippen molar-refractivity contribution in [3.05, 3.63) is 108 Å². The molecular weight excluding hydrogens is 656 g/mol. The number of amides is 1. The average molecular weight is 700 g/mol. The fraction of sp³-hybridized carbons (Fsp3) is 0.263. The van der Waals surface area contributed by atoms with Gasteiger partial charge >= 0.3 is 0 Å². The van der Waals surface area contributed by atoms with Gasteiger partial charge in [0.15, 0.2) is 11.5 Å². The predicted molar refractivity (Wildman–Crippen MR) is 200 cm³/mol. The monoisotopic (exact) mass is 699 g/mol. The van der Waals surface area contributed by atoms with Crippen LogP contribution < -0.4 is 31.2 Å². The molecule has 0 saturated heterocycles. The number of rotatable bonds is 14. The number of aryl methyl sites for hydroxylation is 3. The first-order chi connectivity index (χ1) is 25.3. The largest absolute Gasteiger partial charge is 0.497 e. The van der Waals surface area contributed by atoms with Gasteiger partial charge in [0.1, 0.15) is 25.2 Å². The van der Waals surface area contributed by atoms with Gasteiger partial charge in [-0.15, -0.1) is 5.43 Å². The van der Waals surface area contributed by atoms with Gasteiger partial charge in [-0.2, -0.15) is 4.68 Å². The van der Waals surface area contributed by atoms with Gasteiger partial charge < -0.3 is 21.1 Å². The van der Waals surface area contributed by atoms with Crippen LogP contribution in [0.1, 0.15) is 47.1 Å². The van der Waals surface area contributed by atoms with Gasteiger partial charge in [0.25, 0.3) is 11.7 Å². The Morgan fingerprint density at radius 2 is 1.85 bits per heavy atom. The summed E-state index contributed by atoms with van der Waals surface area (Å²) in [5, 5.41) is 6.51. The molecule has 5 heterocycles. The van der Waals surface area contributed by atoms with E-state index in [1.807, 2.05) is 106 Å². The number of benzene rings is 2. The number of nitrogens with zero attached hydrogens (tertiary/aromatic N) is 8. The van der Waals surface area contributed by atoms with E-state index in [0.29, 0.717) is 35.0 Å². The molecule has 5 aromatic heterocycles. The Balaban J connectivity index is 1.19. The van der Waals surface area contributed by atoms with Gasteiger partial charge in [-0.1, -0.05) is 36.0 Å². The second-order valence-corrected chi connectivity index (χ2v) is 12.7. The van der Waals surface area contributed by atoms with E-state index < -0.39 is 0 Å². The zero-order valence-electron chi connectivity index (χ0n) is 29.8. The summed E-state index contributed by atoms with van der Waals surface area (Å²) >= 11 is 0. The third-order valence-electron chi connectivity index (χ3n) is 8.95. The molecule has 0 spiro atoms. The number of nitrogens with one attached hydrogen (secondary N) is 3. The van der Waals surface area contributed by atoms with Crippen molar-refractivity contribution in [2.45, 2.75) is 39.7 Å². The van der Waals surface area contributed by atoms with Crippen LogP contribution in [-0.2, 0) is 20.0 Å².